The minimum atomic E-state index is -5.10. The maximum atomic E-state index is 14.2. The van der Waals surface area contributed by atoms with Crippen molar-refractivity contribution < 1.29 is 67.7 Å². The highest BCUT2D eigenvalue weighted by molar-refractivity contribution is 7.47. The molecule has 0 saturated carbocycles. The minimum Gasteiger partial charge on any atom is -0.403 e. The van der Waals surface area contributed by atoms with Gasteiger partial charge in [0.05, 0.1) is 25.9 Å². The van der Waals surface area contributed by atoms with Gasteiger partial charge in [-0.1, -0.05) is 76.4 Å². The Balaban J connectivity index is 2.29. The van der Waals surface area contributed by atoms with E-state index >= 15 is 0 Å². The van der Waals surface area contributed by atoms with Crippen LogP contribution in [-0.2, 0) is 48.8 Å². The first-order valence-corrected chi connectivity index (χ1v) is 24.5. The molecule has 0 aromatic heterocycles. The topological polar surface area (TPSA) is 346 Å². The van der Waals surface area contributed by atoms with E-state index < -0.39 is 106 Å². The summed E-state index contributed by atoms with van der Waals surface area (Å²) in [5.74, 6) is -5.23. The summed E-state index contributed by atoms with van der Waals surface area (Å²) in [5, 5.41) is 48.5. The van der Waals surface area contributed by atoms with Crippen molar-refractivity contribution in [3.63, 3.8) is 0 Å². The fourth-order valence-electron chi connectivity index (χ4n) is 7.52. The lowest BCUT2D eigenvalue weighted by atomic mass is 10.0. The van der Waals surface area contributed by atoms with Gasteiger partial charge in [-0.3, -0.25) is 37.8 Å². The van der Waals surface area contributed by atoms with Crippen LogP contribution in [0.15, 0.2) is 55.0 Å². The summed E-state index contributed by atoms with van der Waals surface area (Å²) in [6.07, 6.45) is 5.21. The summed E-state index contributed by atoms with van der Waals surface area (Å²) < 4.78 is 22.1. The van der Waals surface area contributed by atoms with Crippen molar-refractivity contribution in [3.8, 4) is 0 Å². The number of hydrogen-bond acceptors (Lipinski definition) is 15. The van der Waals surface area contributed by atoms with Crippen molar-refractivity contribution in [1.82, 2.24) is 31.1 Å². The van der Waals surface area contributed by atoms with Crippen molar-refractivity contribution in [2.75, 3.05) is 32.9 Å². The summed E-state index contributed by atoms with van der Waals surface area (Å²) in [6.45, 7) is 7.89. The Morgan fingerprint density at radius 2 is 1.49 bits per heavy atom. The van der Waals surface area contributed by atoms with Crippen LogP contribution in [0.1, 0.15) is 97.5 Å². The van der Waals surface area contributed by atoms with Crippen molar-refractivity contribution in [1.29, 1.82) is 0 Å². The lowest BCUT2D eigenvalue weighted by molar-refractivity contribution is -0.139. The lowest BCUT2D eigenvalue weighted by Gasteiger charge is -2.30. The van der Waals surface area contributed by atoms with Gasteiger partial charge in [0, 0.05) is 38.3 Å². The number of phosphoric ester groups is 1. The molecule has 13 N–H and O–H groups in total. The number of phosphoric acid groups is 1. The average molecular weight is 983 g/mol. The number of primary amides is 1. The van der Waals surface area contributed by atoms with E-state index in [0.717, 1.165) is 51.9 Å². The minimum absolute atomic E-state index is 0.130. The molecule has 68 heavy (non-hydrogen) atoms. The van der Waals surface area contributed by atoms with E-state index in [1.807, 2.05) is 32.0 Å². The third-order valence-electron chi connectivity index (χ3n) is 11.3. The van der Waals surface area contributed by atoms with Crippen molar-refractivity contribution in [2.45, 2.75) is 147 Å². The van der Waals surface area contributed by atoms with Crippen LogP contribution in [0.5, 0.6) is 0 Å². The third-order valence-corrected chi connectivity index (χ3v) is 12.4. The van der Waals surface area contributed by atoms with Gasteiger partial charge in [-0.2, -0.15) is 0 Å². The van der Waals surface area contributed by atoms with E-state index in [1.165, 1.54) is 29.8 Å². The normalized spacial score (nSPS) is 17.9. The summed E-state index contributed by atoms with van der Waals surface area (Å²) in [7, 11) is -5.10. The molecule has 384 valence electrons. The number of carbonyl (C=O) groups excluding carboxylic acids is 6. The molecule has 9 atom stereocenters. The molecule has 1 fully saturated rings. The average Bonchev–Trinajstić information content (AvgIpc) is 3.80. The van der Waals surface area contributed by atoms with Crippen molar-refractivity contribution in [2.24, 2.45) is 17.4 Å². The number of amides is 6. The van der Waals surface area contributed by atoms with Crippen LogP contribution < -0.4 is 32.7 Å². The molecule has 2 rings (SSSR count). The molecule has 1 aliphatic rings. The Bertz CT molecular complexity index is 1860. The fraction of sp³-hybridized carbons (Fsp3) is 0.644. The maximum Gasteiger partial charge on any atom is 0.472 e. The fourth-order valence-corrected chi connectivity index (χ4v) is 8.46. The zero-order valence-electron chi connectivity index (χ0n) is 39.7. The second kappa shape index (κ2) is 30.5. The van der Waals surface area contributed by atoms with E-state index in [1.54, 1.807) is 4.90 Å². The molecule has 0 spiro atoms. The number of likely N-dealkylation sites (tertiary alicyclic amines) is 1. The molecule has 6 amide bonds. The summed E-state index contributed by atoms with van der Waals surface area (Å²) in [4.78, 5) is 93.4. The molecule has 22 nitrogen and oxygen atoms in total. The second-order valence-corrected chi connectivity index (χ2v) is 18.6. The van der Waals surface area contributed by atoms with Gasteiger partial charge in [0.15, 0.2) is 0 Å². The number of rotatable bonds is 33. The van der Waals surface area contributed by atoms with Gasteiger partial charge in [-0.05, 0) is 63.1 Å². The van der Waals surface area contributed by atoms with E-state index in [9.17, 15) is 53.5 Å². The molecule has 23 heteroatoms. The van der Waals surface area contributed by atoms with E-state index in [0.29, 0.717) is 31.6 Å². The predicted molar refractivity (Wildman–Crippen MR) is 251 cm³/mol. The number of aliphatic hydroxyl groups is 4. The Morgan fingerprint density at radius 3 is 2.06 bits per heavy atom. The van der Waals surface area contributed by atoms with Gasteiger partial charge in [0.1, 0.15) is 42.4 Å². The summed E-state index contributed by atoms with van der Waals surface area (Å²) >= 11 is 0. The number of nitrogens with zero attached hydrogens (tertiary/aromatic N) is 2. The number of nitrogens with two attached hydrogens (primary N) is 2. The molecule has 0 aliphatic carbocycles. The first-order valence-electron chi connectivity index (χ1n) is 23.0. The Labute approximate surface area is 398 Å². The molecular formula is C45H75N8O14P. The molecular weight excluding hydrogens is 908 g/mol. The van der Waals surface area contributed by atoms with Gasteiger partial charge < -0.3 is 67.9 Å². The SMILES string of the molecule is C=CN(CCCCCCCCc1ccccc1)/C(=C\N)C[C@H](NC(=O)[C@H](CC(C)C)NC(=O)[C@@H]1CCCN1C(C)=O)C(=O)N[C@@H](CO)C(=O)N[C@H](C(N)=O)[C@@H](C)OP(=O)(O)OC[C@@H](O)[C@H](O)CO. The monoisotopic (exact) mass is 983 g/mol. The van der Waals surface area contributed by atoms with Crippen LogP contribution in [0, 0.1) is 5.92 Å². The summed E-state index contributed by atoms with van der Waals surface area (Å²) in [5.41, 5.74) is 13.2. The van der Waals surface area contributed by atoms with Gasteiger partial charge in [-0.15, -0.1) is 0 Å². The van der Waals surface area contributed by atoms with E-state index in [-0.39, 0.29) is 24.7 Å². The first kappa shape index (κ1) is 59.2. The summed E-state index contributed by atoms with van der Waals surface area (Å²) in [6, 6.07) is 3.10. The number of aryl methyl sites for hydroxylation is 1. The maximum absolute atomic E-state index is 14.2. The van der Waals surface area contributed by atoms with Crippen LogP contribution in [0.3, 0.4) is 0 Å². The smallest absolute Gasteiger partial charge is 0.403 e. The van der Waals surface area contributed by atoms with E-state index in [4.69, 9.17) is 21.1 Å². The molecule has 1 aliphatic heterocycles. The third kappa shape index (κ3) is 20.7. The largest absolute Gasteiger partial charge is 0.472 e. The highest BCUT2D eigenvalue weighted by atomic mass is 31.2. The molecule has 0 radical (unpaired) electrons. The molecule has 1 aromatic carbocycles. The molecule has 1 unspecified atom stereocenters. The molecule has 1 saturated heterocycles. The van der Waals surface area contributed by atoms with Crippen LogP contribution >= 0.6 is 7.82 Å². The van der Waals surface area contributed by atoms with Crippen LogP contribution in [0.2, 0.25) is 0 Å². The van der Waals surface area contributed by atoms with Gasteiger partial charge in [0.25, 0.3) is 0 Å². The van der Waals surface area contributed by atoms with Crippen LogP contribution in [0.25, 0.3) is 0 Å². The number of benzene rings is 1. The highest BCUT2D eigenvalue weighted by Crippen LogP contribution is 2.45. The van der Waals surface area contributed by atoms with Crippen LogP contribution in [-0.4, -0.2) is 152 Å². The van der Waals surface area contributed by atoms with Crippen LogP contribution in [0.4, 0.5) is 0 Å². The Morgan fingerprint density at radius 1 is 0.882 bits per heavy atom. The number of unbranched alkanes of at least 4 members (excludes halogenated alkanes) is 5. The number of nitrogens with one attached hydrogen (secondary N) is 4. The van der Waals surface area contributed by atoms with E-state index in [2.05, 4.69) is 44.5 Å². The number of hydrogen-bond donors (Lipinski definition) is 11. The highest BCUT2D eigenvalue weighted by Gasteiger charge is 2.38. The Hall–Kier alpha value is -4.93. The van der Waals surface area contributed by atoms with Crippen molar-refractivity contribution in [3.05, 3.63) is 60.6 Å². The standard InChI is InChI=1S/C45H75N8O14P/c1-6-52(21-15-10-8-7-9-12-17-32-18-13-11-14-19-32)33(25-46)24-35(48-42(60)34(23-29(2)3)49-45(63)37-20-16-22-53(37)31(5)56)43(61)50-36(26-54)44(62)51-40(41(47)59)30(4)67-68(64,65)66-28-39(58)38(57)27-55/h6,11,13-14,18-19,25,29-30,34-40,54-55,57-58H,1,7-10,12,15-17,20-24,26-28,46H2,2-5H3,(H2,47,59)(H,48,60)(H,49,63)(H,50,61)(H,51,62)(H,64,65)/b33-25-/t30-,34+,35+,36+,37+,38-,39-,40+/m1/s1. The molecule has 1 aromatic rings. The zero-order valence-corrected chi connectivity index (χ0v) is 40.6. The first-order chi connectivity index (χ1) is 32.2. The predicted octanol–water partition coefficient (Wildman–Crippen LogP) is -0.0846. The van der Waals surface area contributed by atoms with Gasteiger partial charge in [-0.25, -0.2) is 4.57 Å². The number of aliphatic hydroxyl groups excluding tert-OH is 4. The van der Waals surface area contributed by atoms with Crippen molar-refractivity contribution >= 4 is 43.3 Å². The van der Waals surface area contributed by atoms with Gasteiger partial charge >= 0.3 is 7.82 Å². The zero-order chi connectivity index (χ0) is 51.0. The molecule has 0 bridgehead atoms. The number of carbonyl (C=O) groups is 6. The Kier molecular flexibility index (Phi) is 26.6. The van der Waals surface area contributed by atoms with Gasteiger partial charge in [0.2, 0.25) is 35.4 Å². The molecule has 1 heterocycles. The quantitative estimate of drug-likeness (QED) is 0.0324. The lowest BCUT2D eigenvalue weighted by Crippen LogP contribution is -2.61. The second-order valence-electron chi connectivity index (χ2n) is 17.2.